The van der Waals surface area contributed by atoms with Crippen LogP contribution in [0.25, 0.3) is 0 Å². The van der Waals surface area contributed by atoms with Crippen molar-refractivity contribution >= 4 is 62.1 Å². The van der Waals surface area contributed by atoms with Crippen LogP contribution < -0.4 is 14.8 Å². The van der Waals surface area contributed by atoms with Crippen LogP contribution in [0.15, 0.2) is 59.5 Å². The first-order valence-corrected chi connectivity index (χ1v) is 13.2. The number of amides is 1. The lowest BCUT2D eigenvalue weighted by atomic mass is 10.2. The Balaban J connectivity index is 1.53. The fourth-order valence-corrected chi connectivity index (χ4v) is 5.19. The molecule has 0 heterocycles. The summed E-state index contributed by atoms with van der Waals surface area (Å²) in [4.78, 5) is 22.4. The van der Waals surface area contributed by atoms with Crippen LogP contribution in [0.3, 0.4) is 0 Å². The molecule has 13 heteroatoms. The number of nitrogens with zero attached hydrogens (tertiary/aromatic N) is 1. The molecule has 1 aliphatic rings. The smallest absolute Gasteiger partial charge is 0.271 e. The first-order valence-electron chi connectivity index (χ1n) is 10.6. The van der Waals surface area contributed by atoms with E-state index in [1.54, 1.807) is 12.1 Å². The van der Waals surface area contributed by atoms with Gasteiger partial charge in [0.25, 0.3) is 21.6 Å². The van der Waals surface area contributed by atoms with Gasteiger partial charge in [0.2, 0.25) is 0 Å². The number of nitro groups is 1. The van der Waals surface area contributed by atoms with E-state index in [0.29, 0.717) is 18.0 Å². The Morgan fingerprint density at radius 1 is 1.03 bits per heavy atom. The van der Waals surface area contributed by atoms with Crippen molar-refractivity contribution in [3.05, 3.63) is 85.3 Å². The van der Waals surface area contributed by atoms with Crippen LogP contribution >= 0.6 is 34.8 Å². The van der Waals surface area contributed by atoms with Gasteiger partial charge in [-0.25, -0.2) is 8.42 Å². The van der Waals surface area contributed by atoms with Crippen molar-refractivity contribution < 1.29 is 22.9 Å². The highest BCUT2D eigenvalue weighted by Crippen LogP contribution is 2.41. The zero-order valence-corrected chi connectivity index (χ0v) is 21.4. The van der Waals surface area contributed by atoms with E-state index >= 15 is 0 Å². The zero-order chi connectivity index (χ0) is 26.0. The summed E-state index contributed by atoms with van der Waals surface area (Å²) in [6.45, 7) is 0.589. The molecule has 3 aromatic rings. The third-order valence-corrected chi connectivity index (χ3v) is 7.46. The molecule has 1 fully saturated rings. The second-order valence-electron chi connectivity index (χ2n) is 8.03. The van der Waals surface area contributed by atoms with Crippen molar-refractivity contribution in [1.29, 1.82) is 0 Å². The molecule has 0 aliphatic heterocycles. The number of hydrogen-bond donors (Lipinski definition) is 2. The van der Waals surface area contributed by atoms with Crippen molar-refractivity contribution in [2.75, 3.05) is 11.3 Å². The molecule has 0 aromatic heterocycles. The summed E-state index contributed by atoms with van der Waals surface area (Å²) in [7, 11) is -4.14. The van der Waals surface area contributed by atoms with E-state index in [4.69, 9.17) is 39.5 Å². The number of halogens is 3. The van der Waals surface area contributed by atoms with E-state index < -0.39 is 14.9 Å². The molecule has 2 N–H and O–H groups in total. The minimum atomic E-state index is -4.14. The van der Waals surface area contributed by atoms with Crippen LogP contribution in [0.1, 0.15) is 23.2 Å². The number of ether oxygens (including phenoxy) is 1. The van der Waals surface area contributed by atoms with Crippen LogP contribution in [-0.2, 0) is 10.0 Å². The maximum atomic E-state index is 13.0. The molecule has 0 saturated heterocycles. The van der Waals surface area contributed by atoms with Gasteiger partial charge in [-0.1, -0.05) is 40.9 Å². The molecule has 0 atom stereocenters. The topological polar surface area (TPSA) is 128 Å². The number of hydrogen-bond acceptors (Lipinski definition) is 6. The number of sulfonamides is 1. The highest BCUT2D eigenvalue weighted by Gasteiger charge is 2.23. The molecule has 0 bridgehead atoms. The molecule has 9 nitrogen and oxygen atoms in total. The van der Waals surface area contributed by atoms with E-state index in [0.717, 1.165) is 31.0 Å². The average Bonchev–Trinajstić information content (AvgIpc) is 3.65. The van der Waals surface area contributed by atoms with E-state index in [1.807, 2.05) is 0 Å². The lowest BCUT2D eigenvalue weighted by Gasteiger charge is -2.14. The highest BCUT2D eigenvalue weighted by atomic mass is 35.5. The summed E-state index contributed by atoms with van der Waals surface area (Å²) in [5, 5.41) is 13.4. The van der Waals surface area contributed by atoms with Gasteiger partial charge < -0.3 is 10.1 Å². The molecular weight excluding hydrogens is 553 g/mol. The van der Waals surface area contributed by atoms with E-state index in [9.17, 15) is 23.3 Å². The molecule has 0 radical (unpaired) electrons. The van der Waals surface area contributed by atoms with E-state index in [1.165, 1.54) is 24.3 Å². The van der Waals surface area contributed by atoms with Gasteiger partial charge >= 0.3 is 0 Å². The van der Waals surface area contributed by atoms with Gasteiger partial charge in [-0.15, -0.1) is 0 Å². The predicted molar refractivity (Wildman–Crippen MR) is 137 cm³/mol. The van der Waals surface area contributed by atoms with Gasteiger partial charge in [0.05, 0.1) is 24.9 Å². The summed E-state index contributed by atoms with van der Waals surface area (Å²) in [5.41, 5.74) is 0.261. The average molecular weight is 571 g/mol. The maximum Gasteiger partial charge on any atom is 0.271 e. The Hall–Kier alpha value is -3.05. The first kappa shape index (κ1) is 26.0. The van der Waals surface area contributed by atoms with Crippen LogP contribution in [0, 0.1) is 16.0 Å². The predicted octanol–water partition coefficient (Wildman–Crippen LogP) is 6.29. The molecule has 4 rings (SSSR count). The summed E-state index contributed by atoms with van der Waals surface area (Å²) < 4.78 is 34.0. The van der Waals surface area contributed by atoms with Gasteiger partial charge in [0.1, 0.15) is 5.75 Å². The third kappa shape index (κ3) is 6.19. The molecule has 0 spiro atoms. The minimum absolute atomic E-state index is 0.0385. The molecule has 188 valence electrons. The van der Waals surface area contributed by atoms with Crippen LogP contribution in [-0.4, -0.2) is 25.8 Å². The van der Waals surface area contributed by atoms with Gasteiger partial charge in [0.15, 0.2) is 5.75 Å². The number of nitro benzene ring substituents is 1. The minimum Gasteiger partial charge on any atom is -0.453 e. The van der Waals surface area contributed by atoms with Gasteiger partial charge in [-0.3, -0.25) is 19.6 Å². The Morgan fingerprint density at radius 2 is 1.72 bits per heavy atom. The molecule has 1 saturated carbocycles. The van der Waals surface area contributed by atoms with Crippen molar-refractivity contribution in [3.63, 3.8) is 0 Å². The number of non-ortho nitro benzene ring substituents is 1. The molecular formula is C23H18Cl3N3O6S. The molecule has 1 aliphatic carbocycles. The fraction of sp³-hybridized carbons (Fsp3) is 0.174. The van der Waals surface area contributed by atoms with Crippen molar-refractivity contribution in [2.24, 2.45) is 5.92 Å². The second kappa shape index (κ2) is 10.5. The van der Waals surface area contributed by atoms with Crippen LogP contribution in [0.5, 0.6) is 11.5 Å². The monoisotopic (exact) mass is 569 g/mol. The Bertz CT molecular complexity index is 1440. The normalized spacial score (nSPS) is 13.2. The number of carbonyl (C=O) groups excluding carboxylic acids is 1. The number of rotatable bonds is 9. The lowest BCUT2D eigenvalue weighted by molar-refractivity contribution is -0.384. The number of nitrogens with one attached hydrogen (secondary N) is 2. The van der Waals surface area contributed by atoms with Crippen molar-refractivity contribution in [1.82, 2.24) is 5.32 Å². The maximum absolute atomic E-state index is 13.0. The summed E-state index contributed by atoms with van der Waals surface area (Å²) in [5.74, 6) is 0.174. The summed E-state index contributed by atoms with van der Waals surface area (Å²) >= 11 is 18.6. The Kier molecular flexibility index (Phi) is 7.60. The van der Waals surface area contributed by atoms with E-state index in [-0.39, 0.29) is 48.7 Å². The Labute approximate surface area is 221 Å². The standard InChI is InChI=1S/C23H18Cl3N3O6S/c24-18-9-16(29(31)32)6-7-21(18)35-22-19(25)10-17(11-20(22)26)36(33,34)28-15-3-1-2-14(8-15)23(30)27-12-13-4-5-13/h1-3,6-11,13,28H,4-5,12H2,(H,27,30). The van der Waals surface area contributed by atoms with Crippen LogP contribution in [0.4, 0.5) is 11.4 Å². The summed E-state index contributed by atoms with van der Waals surface area (Å²) in [6.07, 6.45) is 2.19. The van der Waals surface area contributed by atoms with Crippen LogP contribution in [0.2, 0.25) is 15.1 Å². The number of anilines is 1. The van der Waals surface area contributed by atoms with Gasteiger partial charge in [-0.05, 0) is 55.2 Å². The van der Waals surface area contributed by atoms with Crippen molar-refractivity contribution in [3.8, 4) is 11.5 Å². The number of carbonyl (C=O) groups is 1. The lowest BCUT2D eigenvalue weighted by Crippen LogP contribution is -2.25. The molecule has 36 heavy (non-hydrogen) atoms. The van der Waals surface area contributed by atoms with Gasteiger partial charge in [0, 0.05) is 29.9 Å². The molecule has 0 unspecified atom stereocenters. The fourth-order valence-electron chi connectivity index (χ4n) is 3.18. The van der Waals surface area contributed by atoms with Gasteiger partial charge in [-0.2, -0.15) is 0 Å². The third-order valence-electron chi connectivity index (χ3n) is 5.25. The quantitative estimate of drug-likeness (QED) is 0.230. The zero-order valence-electron chi connectivity index (χ0n) is 18.3. The molecule has 1 amide bonds. The summed E-state index contributed by atoms with van der Waals surface area (Å²) in [6, 6.07) is 11.9. The second-order valence-corrected chi connectivity index (χ2v) is 10.9. The first-order chi connectivity index (χ1) is 17.0. The SMILES string of the molecule is O=C(NCC1CC1)c1cccc(NS(=O)(=O)c2cc(Cl)c(Oc3ccc([N+](=O)[O-])cc3Cl)c(Cl)c2)c1. The number of benzene rings is 3. The Morgan fingerprint density at radius 3 is 2.33 bits per heavy atom. The van der Waals surface area contributed by atoms with Crippen molar-refractivity contribution in [2.45, 2.75) is 17.7 Å². The van der Waals surface area contributed by atoms with E-state index in [2.05, 4.69) is 10.0 Å². The largest absolute Gasteiger partial charge is 0.453 e. The molecule has 3 aromatic carbocycles. The highest BCUT2D eigenvalue weighted by molar-refractivity contribution is 7.92.